The summed E-state index contributed by atoms with van der Waals surface area (Å²) in [7, 11) is 0. The van der Waals surface area contributed by atoms with Gasteiger partial charge in [0, 0.05) is 11.0 Å². The van der Waals surface area contributed by atoms with E-state index in [-0.39, 0.29) is 5.41 Å². The van der Waals surface area contributed by atoms with Crippen molar-refractivity contribution >= 4 is 22.9 Å². The summed E-state index contributed by atoms with van der Waals surface area (Å²) in [5, 5.41) is 11.6. The van der Waals surface area contributed by atoms with E-state index < -0.39 is 6.09 Å². The maximum atomic E-state index is 11.1. The van der Waals surface area contributed by atoms with Gasteiger partial charge in [-0.3, -0.25) is 5.32 Å². The number of benzene rings is 2. The monoisotopic (exact) mass is 335 g/mol. The number of rotatable bonds is 5. The molecule has 0 fully saturated rings. The number of hydrogen-bond donors (Lipinski definition) is 2. The van der Waals surface area contributed by atoms with Crippen LogP contribution in [0.2, 0.25) is 0 Å². The molecule has 0 saturated heterocycles. The molecule has 0 unspecified atom stereocenters. The molecule has 0 atom stereocenters. The van der Waals surface area contributed by atoms with Crippen LogP contribution in [0.1, 0.15) is 49.9 Å². The summed E-state index contributed by atoms with van der Waals surface area (Å²) >= 11 is 0. The van der Waals surface area contributed by atoms with E-state index in [9.17, 15) is 4.79 Å². The van der Waals surface area contributed by atoms with Crippen molar-refractivity contribution < 1.29 is 9.90 Å². The molecule has 3 nitrogen and oxygen atoms in total. The highest BCUT2D eigenvalue weighted by atomic mass is 16.4. The fraction of sp³-hybridized carbons (Fsp3) is 0.227. The molecule has 3 heteroatoms. The molecule has 2 aromatic carbocycles. The molecule has 0 aliphatic carbocycles. The molecule has 25 heavy (non-hydrogen) atoms. The number of anilines is 1. The number of carboxylic acid groups (broad SMARTS) is 1. The topological polar surface area (TPSA) is 49.3 Å². The third-order valence-electron chi connectivity index (χ3n) is 4.48. The largest absolute Gasteiger partial charge is 0.465 e. The Hall–Kier alpha value is -2.81. The summed E-state index contributed by atoms with van der Waals surface area (Å²) in [6, 6.07) is 14.0. The predicted octanol–water partition coefficient (Wildman–Crippen LogP) is 6.17. The first-order chi connectivity index (χ1) is 11.6. The highest BCUT2D eigenvalue weighted by molar-refractivity contribution is 5.89. The van der Waals surface area contributed by atoms with Gasteiger partial charge in [0.15, 0.2) is 0 Å². The SMILES string of the molecule is C=C(C)c1cccc(C(C)(C)c2cccc(NC(=O)O)c2C(=C)C)c1. The summed E-state index contributed by atoms with van der Waals surface area (Å²) in [5.41, 5.74) is 6.19. The van der Waals surface area contributed by atoms with E-state index in [1.807, 2.05) is 38.1 Å². The number of allylic oxidation sites excluding steroid dienone is 2. The fourth-order valence-corrected chi connectivity index (χ4v) is 3.08. The van der Waals surface area contributed by atoms with E-state index >= 15 is 0 Å². The van der Waals surface area contributed by atoms with E-state index in [0.29, 0.717) is 5.69 Å². The molecule has 2 N–H and O–H groups in total. The molecular weight excluding hydrogens is 310 g/mol. The first kappa shape index (κ1) is 18.5. The Morgan fingerprint density at radius 3 is 2.24 bits per heavy atom. The van der Waals surface area contributed by atoms with E-state index in [1.165, 1.54) is 0 Å². The summed E-state index contributed by atoms with van der Waals surface area (Å²) in [5.74, 6) is 0. The van der Waals surface area contributed by atoms with Gasteiger partial charge in [-0.05, 0) is 42.2 Å². The average molecular weight is 335 g/mol. The molecule has 1 amide bonds. The van der Waals surface area contributed by atoms with Gasteiger partial charge in [0.05, 0.1) is 5.69 Å². The number of nitrogens with one attached hydrogen (secondary N) is 1. The standard InChI is InChI=1S/C22H25NO2/c1-14(2)16-9-7-10-17(13-16)22(5,6)18-11-8-12-19(23-21(24)25)20(18)15(3)4/h7-13,23H,1,3H2,2,4-6H3,(H,24,25). The fourth-order valence-electron chi connectivity index (χ4n) is 3.08. The van der Waals surface area contributed by atoms with E-state index in [1.54, 1.807) is 6.07 Å². The Bertz CT molecular complexity index is 847. The zero-order valence-corrected chi connectivity index (χ0v) is 15.3. The van der Waals surface area contributed by atoms with Crippen molar-refractivity contribution in [2.45, 2.75) is 33.1 Å². The van der Waals surface area contributed by atoms with Crippen molar-refractivity contribution in [1.82, 2.24) is 0 Å². The first-order valence-electron chi connectivity index (χ1n) is 8.20. The molecule has 2 rings (SSSR count). The Labute approximate surface area is 149 Å². The second-order valence-electron chi connectivity index (χ2n) is 6.92. The van der Waals surface area contributed by atoms with Crippen LogP contribution in [0.25, 0.3) is 11.1 Å². The summed E-state index contributed by atoms with van der Waals surface area (Å²) in [6.07, 6.45) is -1.08. The van der Waals surface area contributed by atoms with Crippen molar-refractivity contribution in [2.24, 2.45) is 0 Å². The Kier molecular flexibility index (Phi) is 5.17. The van der Waals surface area contributed by atoms with Crippen molar-refractivity contribution in [2.75, 3.05) is 5.32 Å². The third kappa shape index (κ3) is 3.82. The van der Waals surface area contributed by atoms with Crippen LogP contribution in [0.15, 0.2) is 55.6 Å². The number of carbonyl (C=O) groups is 1. The number of hydrogen-bond acceptors (Lipinski definition) is 1. The second-order valence-corrected chi connectivity index (χ2v) is 6.92. The quantitative estimate of drug-likeness (QED) is 0.686. The molecule has 0 bridgehead atoms. The van der Waals surface area contributed by atoms with Crippen LogP contribution >= 0.6 is 0 Å². The van der Waals surface area contributed by atoms with Crippen molar-refractivity contribution in [1.29, 1.82) is 0 Å². The normalized spacial score (nSPS) is 11.0. The van der Waals surface area contributed by atoms with Crippen LogP contribution in [-0.4, -0.2) is 11.2 Å². The molecule has 0 spiro atoms. The molecule has 0 aromatic heterocycles. The smallest absolute Gasteiger partial charge is 0.409 e. The Balaban J connectivity index is 2.66. The zero-order valence-electron chi connectivity index (χ0n) is 15.3. The van der Waals surface area contributed by atoms with Crippen molar-refractivity contribution in [3.05, 3.63) is 77.9 Å². The van der Waals surface area contributed by atoms with E-state index in [0.717, 1.165) is 33.4 Å². The van der Waals surface area contributed by atoms with Crippen molar-refractivity contribution in [3.63, 3.8) is 0 Å². The second kappa shape index (κ2) is 6.98. The Morgan fingerprint density at radius 1 is 1.04 bits per heavy atom. The van der Waals surface area contributed by atoms with Gasteiger partial charge in [0.1, 0.15) is 0 Å². The van der Waals surface area contributed by atoms with Gasteiger partial charge >= 0.3 is 6.09 Å². The lowest BCUT2D eigenvalue weighted by Gasteiger charge is -2.30. The minimum Gasteiger partial charge on any atom is -0.465 e. The van der Waals surface area contributed by atoms with Crippen LogP contribution in [0, 0.1) is 0 Å². The molecule has 2 aromatic rings. The van der Waals surface area contributed by atoms with Crippen LogP contribution < -0.4 is 5.32 Å². The molecule has 130 valence electrons. The molecule has 0 aliphatic rings. The maximum absolute atomic E-state index is 11.1. The number of amides is 1. The summed E-state index contributed by atoms with van der Waals surface area (Å²) < 4.78 is 0. The average Bonchev–Trinajstić information content (AvgIpc) is 2.53. The zero-order chi connectivity index (χ0) is 18.8. The van der Waals surface area contributed by atoms with E-state index in [4.69, 9.17) is 5.11 Å². The lowest BCUT2D eigenvalue weighted by Crippen LogP contribution is -2.22. The minimum absolute atomic E-state index is 0.323. The minimum atomic E-state index is -1.08. The van der Waals surface area contributed by atoms with Gasteiger partial charge in [-0.25, -0.2) is 4.79 Å². The van der Waals surface area contributed by atoms with Crippen LogP contribution in [0.3, 0.4) is 0 Å². The first-order valence-corrected chi connectivity index (χ1v) is 8.20. The highest BCUT2D eigenvalue weighted by Crippen LogP contribution is 2.39. The van der Waals surface area contributed by atoms with Crippen molar-refractivity contribution in [3.8, 4) is 0 Å². The van der Waals surface area contributed by atoms with Gasteiger partial charge in [0.25, 0.3) is 0 Å². The molecule has 0 radical (unpaired) electrons. The van der Waals surface area contributed by atoms with Gasteiger partial charge in [-0.2, -0.15) is 0 Å². The lowest BCUT2D eigenvalue weighted by atomic mass is 9.74. The molecule has 0 heterocycles. The molecule has 0 aliphatic heterocycles. The van der Waals surface area contributed by atoms with Crippen LogP contribution in [0.4, 0.5) is 10.5 Å². The molecule has 0 saturated carbocycles. The summed E-state index contributed by atoms with van der Waals surface area (Å²) in [6.45, 7) is 16.2. The maximum Gasteiger partial charge on any atom is 0.409 e. The lowest BCUT2D eigenvalue weighted by molar-refractivity contribution is 0.209. The molecular formula is C22H25NO2. The van der Waals surface area contributed by atoms with Gasteiger partial charge in [-0.15, -0.1) is 0 Å². The van der Waals surface area contributed by atoms with Gasteiger partial charge < -0.3 is 5.11 Å². The van der Waals surface area contributed by atoms with Crippen LogP contribution in [-0.2, 0) is 5.41 Å². The Morgan fingerprint density at radius 2 is 1.68 bits per heavy atom. The van der Waals surface area contributed by atoms with Gasteiger partial charge in [-0.1, -0.05) is 69.0 Å². The summed E-state index contributed by atoms with van der Waals surface area (Å²) in [4.78, 5) is 11.1. The highest BCUT2D eigenvalue weighted by Gasteiger charge is 2.28. The predicted molar refractivity (Wildman–Crippen MR) is 106 cm³/mol. The third-order valence-corrected chi connectivity index (χ3v) is 4.48. The van der Waals surface area contributed by atoms with Crippen LogP contribution in [0.5, 0.6) is 0 Å². The van der Waals surface area contributed by atoms with E-state index in [2.05, 4.69) is 44.5 Å². The van der Waals surface area contributed by atoms with Gasteiger partial charge in [0.2, 0.25) is 0 Å².